The monoisotopic (exact) mass is 290 g/mol. The minimum Gasteiger partial charge on any atom is -0.334 e. The van der Waals surface area contributed by atoms with Crippen LogP contribution in [0.5, 0.6) is 0 Å². The van der Waals surface area contributed by atoms with Gasteiger partial charge in [-0.1, -0.05) is 55.0 Å². The summed E-state index contributed by atoms with van der Waals surface area (Å²) in [5.41, 5.74) is 1.06. The number of unbranched alkanes of at least 4 members (excludes halogenated alkanes) is 1. The fraction of sp³-hybridized carbons (Fsp3) is 0.357. The standard InChI is InChI=1S/C14H18N4OS/c1-2-3-9-12-17-18-14(20-12)16-13(19)15-10-11-7-5-4-6-8-11/h4-8H,2-3,9-10H2,1H3,(H2,15,16,18,19). The lowest BCUT2D eigenvalue weighted by Crippen LogP contribution is -2.28. The third kappa shape index (κ3) is 4.62. The summed E-state index contributed by atoms with van der Waals surface area (Å²) in [6.07, 6.45) is 3.14. The second-order valence-electron chi connectivity index (χ2n) is 4.40. The summed E-state index contributed by atoms with van der Waals surface area (Å²) >= 11 is 1.43. The van der Waals surface area contributed by atoms with Crippen molar-refractivity contribution in [2.75, 3.05) is 5.32 Å². The van der Waals surface area contributed by atoms with Crippen molar-refractivity contribution in [2.45, 2.75) is 32.7 Å². The van der Waals surface area contributed by atoms with Gasteiger partial charge in [-0.15, -0.1) is 10.2 Å². The molecule has 5 nitrogen and oxygen atoms in total. The highest BCUT2D eigenvalue weighted by atomic mass is 32.1. The first-order valence-electron chi connectivity index (χ1n) is 6.69. The van der Waals surface area contributed by atoms with Gasteiger partial charge in [0.2, 0.25) is 5.13 Å². The minimum absolute atomic E-state index is 0.257. The van der Waals surface area contributed by atoms with E-state index in [1.165, 1.54) is 11.3 Å². The van der Waals surface area contributed by atoms with Crippen molar-refractivity contribution in [1.29, 1.82) is 0 Å². The molecule has 0 unspecified atom stereocenters. The number of carbonyl (C=O) groups is 1. The second-order valence-corrected chi connectivity index (χ2v) is 5.46. The Balaban J connectivity index is 1.78. The number of nitrogens with one attached hydrogen (secondary N) is 2. The number of hydrogen-bond acceptors (Lipinski definition) is 4. The van der Waals surface area contributed by atoms with Gasteiger partial charge < -0.3 is 5.32 Å². The van der Waals surface area contributed by atoms with Crippen LogP contribution in [0.15, 0.2) is 30.3 Å². The molecule has 2 aromatic rings. The minimum atomic E-state index is -0.257. The van der Waals surface area contributed by atoms with E-state index in [1.54, 1.807) is 0 Å². The van der Waals surface area contributed by atoms with Gasteiger partial charge in [0.25, 0.3) is 0 Å². The lowest BCUT2D eigenvalue weighted by molar-refractivity contribution is 0.251. The summed E-state index contributed by atoms with van der Waals surface area (Å²) in [6.45, 7) is 2.63. The highest BCUT2D eigenvalue weighted by Gasteiger charge is 2.07. The van der Waals surface area contributed by atoms with Gasteiger partial charge in [-0.05, 0) is 12.0 Å². The summed E-state index contributed by atoms with van der Waals surface area (Å²) in [4.78, 5) is 11.7. The molecule has 106 valence electrons. The first-order valence-corrected chi connectivity index (χ1v) is 7.50. The first-order chi connectivity index (χ1) is 9.78. The average molecular weight is 290 g/mol. The van der Waals surface area contributed by atoms with Gasteiger partial charge in [0.05, 0.1) is 0 Å². The van der Waals surface area contributed by atoms with Crippen LogP contribution in [0.3, 0.4) is 0 Å². The Hall–Kier alpha value is -1.95. The number of hydrogen-bond donors (Lipinski definition) is 2. The molecule has 0 spiro atoms. The zero-order valence-corrected chi connectivity index (χ0v) is 12.2. The van der Waals surface area contributed by atoms with E-state index in [0.717, 1.165) is 29.8 Å². The maximum Gasteiger partial charge on any atom is 0.321 e. The van der Waals surface area contributed by atoms with Crippen molar-refractivity contribution in [3.63, 3.8) is 0 Å². The van der Waals surface area contributed by atoms with Crippen LogP contribution in [0, 0.1) is 0 Å². The smallest absolute Gasteiger partial charge is 0.321 e. The van der Waals surface area contributed by atoms with E-state index in [1.807, 2.05) is 30.3 Å². The van der Waals surface area contributed by atoms with Crippen LogP contribution in [0.4, 0.5) is 9.93 Å². The van der Waals surface area contributed by atoms with Crippen molar-refractivity contribution in [3.8, 4) is 0 Å². The molecule has 6 heteroatoms. The van der Waals surface area contributed by atoms with E-state index in [0.29, 0.717) is 11.7 Å². The van der Waals surface area contributed by atoms with E-state index >= 15 is 0 Å². The van der Waals surface area contributed by atoms with E-state index in [9.17, 15) is 4.79 Å². The molecule has 0 atom stereocenters. The van der Waals surface area contributed by atoms with E-state index in [2.05, 4.69) is 27.8 Å². The SMILES string of the molecule is CCCCc1nnc(NC(=O)NCc2ccccc2)s1. The molecule has 1 aromatic carbocycles. The van der Waals surface area contributed by atoms with E-state index in [-0.39, 0.29) is 6.03 Å². The number of anilines is 1. The van der Waals surface area contributed by atoms with Crippen molar-refractivity contribution < 1.29 is 4.79 Å². The van der Waals surface area contributed by atoms with Gasteiger partial charge >= 0.3 is 6.03 Å². The number of rotatable bonds is 6. The highest BCUT2D eigenvalue weighted by Crippen LogP contribution is 2.16. The van der Waals surface area contributed by atoms with Gasteiger partial charge in [0.1, 0.15) is 5.01 Å². The molecule has 0 aliphatic carbocycles. The Morgan fingerprint density at radius 1 is 1.25 bits per heavy atom. The van der Waals surface area contributed by atoms with Gasteiger partial charge in [0.15, 0.2) is 0 Å². The summed E-state index contributed by atoms with van der Waals surface area (Å²) in [6, 6.07) is 9.51. The number of benzene rings is 1. The molecule has 1 heterocycles. The maximum absolute atomic E-state index is 11.7. The Kier molecular flexibility index (Phi) is 5.49. The predicted octanol–water partition coefficient (Wildman–Crippen LogP) is 3.20. The van der Waals surface area contributed by atoms with Gasteiger partial charge in [-0.2, -0.15) is 0 Å². The van der Waals surface area contributed by atoms with Crippen molar-refractivity contribution in [3.05, 3.63) is 40.9 Å². The molecular formula is C14H18N4OS. The Morgan fingerprint density at radius 3 is 2.80 bits per heavy atom. The summed E-state index contributed by atoms with van der Waals surface area (Å²) in [5, 5.41) is 15.0. The van der Waals surface area contributed by atoms with Crippen molar-refractivity contribution >= 4 is 22.5 Å². The van der Waals surface area contributed by atoms with E-state index in [4.69, 9.17) is 0 Å². The molecule has 0 aliphatic rings. The summed E-state index contributed by atoms with van der Waals surface area (Å²) in [5.74, 6) is 0. The maximum atomic E-state index is 11.7. The Bertz CT molecular complexity index is 541. The number of carbonyl (C=O) groups excluding carboxylic acids is 1. The number of amides is 2. The van der Waals surface area contributed by atoms with Gasteiger partial charge in [-0.3, -0.25) is 5.32 Å². The number of urea groups is 1. The van der Waals surface area contributed by atoms with Gasteiger partial charge in [0, 0.05) is 13.0 Å². The molecule has 0 radical (unpaired) electrons. The molecule has 0 saturated heterocycles. The fourth-order valence-corrected chi connectivity index (χ4v) is 2.43. The molecule has 1 aromatic heterocycles. The fourth-order valence-electron chi connectivity index (χ4n) is 1.65. The zero-order valence-electron chi connectivity index (χ0n) is 11.4. The zero-order chi connectivity index (χ0) is 14.2. The molecule has 0 bridgehead atoms. The Labute approximate surface area is 122 Å². The number of aryl methyl sites for hydroxylation is 1. The molecule has 0 saturated carbocycles. The van der Waals surface area contributed by atoms with Crippen molar-refractivity contribution in [1.82, 2.24) is 15.5 Å². The second kappa shape index (κ2) is 7.59. The Morgan fingerprint density at radius 2 is 2.05 bits per heavy atom. The largest absolute Gasteiger partial charge is 0.334 e. The van der Waals surface area contributed by atoms with Crippen LogP contribution in [0.2, 0.25) is 0 Å². The molecule has 0 aliphatic heterocycles. The molecule has 2 amide bonds. The van der Waals surface area contributed by atoms with Gasteiger partial charge in [-0.25, -0.2) is 4.79 Å². The summed E-state index contributed by atoms with van der Waals surface area (Å²) in [7, 11) is 0. The quantitative estimate of drug-likeness (QED) is 0.858. The van der Waals surface area contributed by atoms with Crippen LogP contribution in [0.25, 0.3) is 0 Å². The third-order valence-electron chi connectivity index (χ3n) is 2.73. The van der Waals surface area contributed by atoms with Crippen LogP contribution < -0.4 is 10.6 Å². The molecule has 20 heavy (non-hydrogen) atoms. The topological polar surface area (TPSA) is 66.9 Å². The molecule has 2 N–H and O–H groups in total. The first kappa shape index (κ1) is 14.5. The van der Waals surface area contributed by atoms with Crippen molar-refractivity contribution in [2.24, 2.45) is 0 Å². The molecule has 2 rings (SSSR count). The normalized spacial score (nSPS) is 10.2. The lowest BCUT2D eigenvalue weighted by atomic mass is 10.2. The summed E-state index contributed by atoms with van der Waals surface area (Å²) < 4.78 is 0. The lowest BCUT2D eigenvalue weighted by Gasteiger charge is -2.04. The van der Waals surface area contributed by atoms with Crippen LogP contribution in [-0.4, -0.2) is 16.2 Å². The van der Waals surface area contributed by atoms with Crippen LogP contribution in [-0.2, 0) is 13.0 Å². The third-order valence-corrected chi connectivity index (χ3v) is 3.63. The van der Waals surface area contributed by atoms with E-state index < -0.39 is 0 Å². The molecular weight excluding hydrogens is 272 g/mol. The average Bonchev–Trinajstić information content (AvgIpc) is 2.91. The highest BCUT2D eigenvalue weighted by molar-refractivity contribution is 7.15. The van der Waals surface area contributed by atoms with Crippen LogP contribution in [0.1, 0.15) is 30.3 Å². The predicted molar refractivity (Wildman–Crippen MR) is 80.8 cm³/mol. The number of nitrogens with zero attached hydrogens (tertiary/aromatic N) is 2. The molecule has 0 fully saturated rings. The number of aromatic nitrogens is 2. The van der Waals surface area contributed by atoms with Crippen LogP contribution >= 0.6 is 11.3 Å².